The Balaban J connectivity index is 1.33. The summed E-state index contributed by atoms with van der Waals surface area (Å²) < 4.78 is 42.4. The topological polar surface area (TPSA) is 58.6 Å². The number of alkyl halides is 3. The van der Waals surface area contributed by atoms with Crippen LogP contribution in [-0.2, 0) is 27.0 Å². The van der Waals surface area contributed by atoms with Crippen molar-refractivity contribution in [2.24, 2.45) is 5.92 Å². The van der Waals surface area contributed by atoms with Crippen LogP contribution >= 0.6 is 0 Å². The Kier molecular flexibility index (Phi) is 5.50. The molecule has 1 aromatic rings. The summed E-state index contributed by atoms with van der Waals surface area (Å²) in [5, 5.41) is 3.24. The minimum atomic E-state index is -4.32. The van der Waals surface area contributed by atoms with Gasteiger partial charge < -0.3 is 15.0 Å². The second-order valence-corrected chi connectivity index (χ2v) is 6.86. The molecule has 142 valence electrons. The predicted octanol–water partition coefficient (Wildman–Crippen LogP) is 2.35. The molecule has 0 aromatic heterocycles. The number of nitrogens with zero attached hydrogens (tertiary/aromatic N) is 1. The second-order valence-electron chi connectivity index (χ2n) is 6.86. The van der Waals surface area contributed by atoms with Crippen molar-refractivity contribution in [2.45, 2.75) is 38.0 Å². The third kappa shape index (κ3) is 4.75. The number of carbonyl (C=O) groups excluding carboxylic acids is 2. The highest BCUT2D eigenvalue weighted by Crippen LogP contribution is 2.29. The summed E-state index contributed by atoms with van der Waals surface area (Å²) in [5.74, 6) is 0.0113. The average molecular weight is 370 g/mol. The third-order valence-electron chi connectivity index (χ3n) is 4.81. The normalized spacial score (nSPS) is 20.8. The summed E-state index contributed by atoms with van der Waals surface area (Å²) >= 11 is 0. The lowest BCUT2D eigenvalue weighted by atomic mass is 10.0. The van der Waals surface area contributed by atoms with E-state index in [1.165, 1.54) is 12.1 Å². The van der Waals surface area contributed by atoms with E-state index < -0.39 is 11.7 Å². The molecule has 1 amide bonds. The number of benzene rings is 1. The molecular weight excluding hydrogens is 349 g/mol. The number of carbonyl (C=O) groups is 2. The maximum absolute atomic E-state index is 12.5. The van der Waals surface area contributed by atoms with Crippen LogP contribution in [0.2, 0.25) is 0 Å². The van der Waals surface area contributed by atoms with Gasteiger partial charge in [0.05, 0.1) is 18.6 Å². The van der Waals surface area contributed by atoms with Crippen LogP contribution in [0.3, 0.4) is 0 Å². The van der Waals surface area contributed by atoms with Gasteiger partial charge in [-0.25, -0.2) is 0 Å². The monoisotopic (exact) mass is 370 g/mol. The number of nitrogens with one attached hydrogen (secondary N) is 1. The highest BCUT2D eigenvalue weighted by atomic mass is 19.4. The number of esters is 1. The molecule has 1 N–H and O–H groups in total. The first-order chi connectivity index (χ1) is 12.3. The lowest BCUT2D eigenvalue weighted by Gasteiger charge is -2.40. The summed E-state index contributed by atoms with van der Waals surface area (Å²) in [5.41, 5.74) is 0.115. The number of likely N-dealkylation sites (tertiary alicyclic amines) is 1. The molecule has 0 radical (unpaired) electrons. The van der Waals surface area contributed by atoms with Crippen molar-refractivity contribution in [2.75, 3.05) is 19.7 Å². The number of ether oxygens (including phenoxy) is 1. The van der Waals surface area contributed by atoms with Crippen LogP contribution in [0.25, 0.3) is 0 Å². The van der Waals surface area contributed by atoms with Crippen molar-refractivity contribution in [3.63, 3.8) is 0 Å². The molecule has 2 fully saturated rings. The molecule has 0 unspecified atom stereocenters. The fraction of sp³-hybridized carbons (Fsp3) is 0.556. The first-order valence-electron chi connectivity index (χ1n) is 8.64. The molecule has 0 saturated carbocycles. The Labute approximate surface area is 149 Å². The van der Waals surface area contributed by atoms with Crippen molar-refractivity contribution >= 4 is 11.9 Å². The molecule has 0 spiro atoms. The lowest BCUT2D eigenvalue weighted by Crippen LogP contribution is -2.59. The number of rotatable bonds is 6. The largest absolute Gasteiger partial charge is 0.465 e. The summed E-state index contributed by atoms with van der Waals surface area (Å²) in [7, 11) is 0. The lowest BCUT2D eigenvalue weighted by molar-refractivity contribution is -0.138. The van der Waals surface area contributed by atoms with Crippen LogP contribution < -0.4 is 5.32 Å². The first-order valence-corrected chi connectivity index (χ1v) is 8.64. The zero-order chi connectivity index (χ0) is 18.7. The molecule has 2 aliphatic rings. The van der Waals surface area contributed by atoms with Gasteiger partial charge in [-0.2, -0.15) is 13.2 Å². The minimum Gasteiger partial charge on any atom is -0.465 e. The Hall–Kier alpha value is -2.09. The molecule has 8 heteroatoms. The van der Waals surface area contributed by atoms with Crippen LogP contribution in [0.4, 0.5) is 13.2 Å². The van der Waals surface area contributed by atoms with Gasteiger partial charge in [0, 0.05) is 38.0 Å². The molecular formula is C18H21F3N2O3. The van der Waals surface area contributed by atoms with E-state index >= 15 is 0 Å². The number of halogens is 3. The van der Waals surface area contributed by atoms with Gasteiger partial charge in [0.1, 0.15) is 0 Å². The van der Waals surface area contributed by atoms with E-state index in [0.29, 0.717) is 45.5 Å². The molecule has 1 atom stereocenters. The van der Waals surface area contributed by atoms with Gasteiger partial charge in [0.2, 0.25) is 5.91 Å². The van der Waals surface area contributed by atoms with Gasteiger partial charge >= 0.3 is 12.1 Å². The molecule has 1 aromatic carbocycles. The molecule has 5 nitrogen and oxygen atoms in total. The minimum absolute atomic E-state index is 0.0666. The number of hydrogen-bond acceptors (Lipinski definition) is 4. The zero-order valence-electron chi connectivity index (χ0n) is 14.2. The molecule has 26 heavy (non-hydrogen) atoms. The zero-order valence-corrected chi connectivity index (χ0v) is 14.2. The number of cyclic esters (lactones) is 1. The van der Waals surface area contributed by atoms with Crippen molar-refractivity contribution < 1.29 is 27.5 Å². The first kappa shape index (κ1) is 18.7. The van der Waals surface area contributed by atoms with Gasteiger partial charge in [-0.3, -0.25) is 9.59 Å². The van der Waals surface area contributed by atoms with Crippen LogP contribution in [0.5, 0.6) is 0 Å². The summed E-state index contributed by atoms with van der Waals surface area (Å²) in [6.45, 7) is 2.06. The quantitative estimate of drug-likeness (QED) is 0.781. The van der Waals surface area contributed by atoms with Crippen LogP contribution in [0.15, 0.2) is 24.3 Å². The van der Waals surface area contributed by atoms with Crippen molar-refractivity contribution in [3.05, 3.63) is 35.4 Å². The molecule has 0 bridgehead atoms. The van der Waals surface area contributed by atoms with E-state index in [9.17, 15) is 22.8 Å². The maximum atomic E-state index is 12.5. The standard InChI is InChI=1S/C18H21F3N2O3/c19-18(20,21)14-4-1-12(2-5-14)8-22-15-9-23(10-15)16(24)6-3-13-7-17(25)26-11-13/h1-2,4-5,13,15,22H,3,6-11H2/t13-/m0/s1. The van der Waals surface area contributed by atoms with Gasteiger partial charge in [-0.05, 0) is 24.1 Å². The molecule has 2 heterocycles. The maximum Gasteiger partial charge on any atom is 0.416 e. The van der Waals surface area contributed by atoms with E-state index in [0.717, 1.165) is 17.7 Å². The van der Waals surface area contributed by atoms with Crippen LogP contribution in [0.1, 0.15) is 30.4 Å². The van der Waals surface area contributed by atoms with Crippen LogP contribution in [-0.4, -0.2) is 42.5 Å². The summed E-state index contributed by atoms with van der Waals surface area (Å²) in [6, 6.07) is 5.22. The Morgan fingerprint density at radius 2 is 1.92 bits per heavy atom. The number of hydrogen-bond donors (Lipinski definition) is 1. The van der Waals surface area contributed by atoms with E-state index in [2.05, 4.69) is 5.32 Å². The van der Waals surface area contributed by atoms with E-state index in [1.807, 2.05) is 0 Å². The second kappa shape index (κ2) is 7.65. The Bertz CT molecular complexity index is 655. The van der Waals surface area contributed by atoms with Crippen LogP contribution in [0, 0.1) is 5.92 Å². The van der Waals surface area contributed by atoms with E-state index in [4.69, 9.17) is 4.74 Å². The fourth-order valence-corrected chi connectivity index (χ4v) is 3.12. The van der Waals surface area contributed by atoms with Crippen molar-refractivity contribution in [1.82, 2.24) is 10.2 Å². The molecule has 2 aliphatic heterocycles. The molecule has 0 aliphatic carbocycles. The highest BCUT2D eigenvalue weighted by Gasteiger charge is 2.32. The SMILES string of the molecule is O=C1C[C@H](CCC(=O)N2CC(NCc3ccc(C(F)(F)F)cc3)C2)CO1. The van der Waals surface area contributed by atoms with Crippen molar-refractivity contribution in [1.29, 1.82) is 0 Å². The van der Waals surface area contributed by atoms with Crippen molar-refractivity contribution in [3.8, 4) is 0 Å². The van der Waals surface area contributed by atoms with Gasteiger partial charge in [0.25, 0.3) is 0 Å². The number of amides is 1. The Morgan fingerprint density at radius 3 is 2.50 bits per heavy atom. The van der Waals surface area contributed by atoms with Gasteiger partial charge in [-0.15, -0.1) is 0 Å². The van der Waals surface area contributed by atoms with Gasteiger partial charge in [-0.1, -0.05) is 12.1 Å². The Morgan fingerprint density at radius 1 is 1.23 bits per heavy atom. The highest BCUT2D eigenvalue weighted by molar-refractivity contribution is 5.77. The van der Waals surface area contributed by atoms with E-state index in [-0.39, 0.29) is 23.8 Å². The third-order valence-corrected chi connectivity index (χ3v) is 4.81. The fourth-order valence-electron chi connectivity index (χ4n) is 3.12. The molecule has 2 saturated heterocycles. The van der Waals surface area contributed by atoms with Gasteiger partial charge in [0.15, 0.2) is 0 Å². The predicted molar refractivity (Wildman–Crippen MR) is 87.0 cm³/mol. The average Bonchev–Trinajstić information content (AvgIpc) is 2.96. The smallest absolute Gasteiger partial charge is 0.416 e. The summed E-state index contributed by atoms with van der Waals surface area (Å²) in [6.07, 6.45) is -2.86. The summed E-state index contributed by atoms with van der Waals surface area (Å²) in [4.78, 5) is 24.9. The molecule has 3 rings (SSSR count). The van der Waals surface area contributed by atoms with E-state index in [1.54, 1.807) is 4.90 Å².